The minimum atomic E-state index is 0.273. The highest BCUT2D eigenvalue weighted by Gasteiger charge is 2.14. The maximum atomic E-state index is 5.76. The number of nitrogens with zero attached hydrogens (tertiary/aromatic N) is 1. The van der Waals surface area contributed by atoms with E-state index in [1.165, 1.54) is 0 Å². The molecule has 0 saturated carbocycles. The molecule has 0 spiro atoms. The van der Waals surface area contributed by atoms with Crippen LogP contribution in [0.2, 0.25) is 0 Å². The van der Waals surface area contributed by atoms with Crippen LogP contribution in [-0.4, -0.2) is 39.1 Å². The maximum Gasteiger partial charge on any atom is 0.231 e. The Balaban J connectivity index is 1.76. The van der Waals surface area contributed by atoms with Gasteiger partial charge >= 0.3 is 0 Å². The first-order valence-corrected chi connectivity index (χ1v) is 8.58. The van der Waals surface area contributed by atoms with Crippen LogP contribution in [0.3, 0.4) is 0 Å². The number of rotatable bonds is 8. The Labute approximate surface area is 144 Å². The van der Waals surface area contributed by atoms with Crippen LogP contribution in [0.5, 0.6) is 11.5 Å². The van der Waals surface area contributed by atoms with Gasteiger partial charge in [-0.3, -0.25) is 4.99 Å². The van der Waals surface area contributed by atoms with Crippen LogP contribution in [-0.2, 0) is 11.3 Å². The normalized spacial score (nSPS) is 14.8. The van der Waals surface area contributed by atoms with E-state index in [1.54, 1.807) is 7.05 Å². The van der Waals surface area contributed by atoms with Crippen molar-refractivity contribution in [3.63, 3.8) is 0 Å². The fourth-order valence-corrected chi connectivity index (χ4v) is 2.61. The second kappa shape index (κ2) is 9.37. The number of fused-ring (bicyclic) bond motifs is 1. The minimum Gasteiger partial charge on any atom is -0.454 e. The molecule has 0 aliphatic carbocycles. The lowest BCUT2D eigenvalue weighted by molar-refractivity contribution is 0.0258. The van der Waals surface area contributed by atoms with E-state index in [9.17, 15) is 0 Å². The van der Waals surface area contributed by atoms with Gasteiger partial charge in [0.05, 0.1) is 6.10 Å². The zero-order chi connectivity index (χ0) is 17.4. The highest BCUT2D eigenvalue weighted by molar-refractivity contribution is 5.79. The smallest absolute Gasteiger partial charge is 0.231 e. The van der Waals surface area contributed by atoms with Gasteiger partial charge in [0.1, 0.15) is 0 Å². The van der Waals surface area contributed by atoms with Crippen LogP contribution in [0.15, 0.2) is 23.2 Å². The zero-order valence-corrected chi connectivity index (χ0v) is 15.1. The van der Waals surface area contributed by atoms with Crippen LogP contribution >= 0.6 is 0 Å². The van der Waals surface area contributed by atoms with E-state index in [4.69, 9.17) is 14.2 Å². The molecule has 1 aromatic carbocycles. The summed E-state index contributed by atoms with van der Waals surface area (Å²) in [6.45, 7) is 8.96. The molecule has 1 aliphatic rings. The monoisotopic (exact) mass is 335 g/mol. The van der Waals surface area contributed by atoms with Gasteiger partial charge in [0.2, 0.25) is 6.79 Å². The third kappa shape index (κ3) is 5.30. The number of aliphatic imine (C=N–C) groups is 1. The van der Waals surface area contributed by atoms with Crippen molar-refractivity contribution < 1.29 is 14.2 Å². The number of hydrogen-bond donors (Lipinski definition) is 2. The molecular weight excluding hydrogens is 306 g/mol. The Kier molecular flexibility index (Phi) is 7.18. The average Bonchev–Trinajstić information content (AvgIpc) is 3.04. The molecule has 2 rings (SSSR count). The van der Waals surface area contributed by atoms with Crippen molar-refractivity contribution in [2.24, 2.45) is 10.9 Å². The third-order valence-electron chi connectivity index (χ3n) is 3.97. The van der Waals surface area contributed by atoms with Gasteiger partial charge in [-0.15, -0.1) is 0 Å². The van der Waals surface area contributed by atoms with Crippen molar-refractivity contribution in [2.45, 2.75) is 39.8 Å². The SMILES string of the molecule is CCOC(CCNC(=NC)NCc1ccc2c(c1)OCO2)C(C)C. The largest absolute Gasteiger partial charge is 0.454 e. The zero-order valence-electron chi connectivity index (χ0n) is 15.1. The fourth-order valence-electron chi connectivity index (χ4n) is 2.61. The predicted molar refractivity (Wildman–Crippen MR) is 95.6 cm³/mol. The molecule has 1 aliphatic heterocycles. The Morgan fingerprint density at radius 3 is 2.75 bits per heavy atom. The second-order valence-corrected chi connectivity index (χ2v) is 6.07. The highest BCUT2D eigenvalue weighted by atomic mass is 16.7. The van der Waals surface area contributed by atoms with Gasteiger partial charge in [0.15, 0.2) is 17.5 Å². The van der Waals surface area contributed by atoms with E-state index in [0.717, 1.165) is 42.6 Å². The van der Waals surface area contributed by atoms with E-state index in [0.29, 0.717) is 19.3 Å². The Hall–Kier alpha value is -1.95. The van der Waals surface area contributed by atoms with Crippen LogP contribution in [0.4, 0.5) is 0 Å². The lowest BCUT2D eigenvalue weighted by atomic mass is 10.0. The van der Waals surface area contributed by atoms with Gasteiger partial charge in [-0.1, -0.05) is 19.9 Å². The average molecular weight is 335 g/mol. The number of nitrogens with one attached hydrogen (secondary N) is 2. The van der Waals surface area contributed by atoms with Crippen molar-refractivity contribution in [2.75, 3.05) is 27.0 Å². The lowest BCUT2D eigenvalue weighted by Crippen LogP contribution is -2.38. The van der Waals surface area contributed by atoms with Crippen molar-refractivity contribution in [3.8, 4) is 11.5 Å². The summed E-state index contributed by atoms with van der Waals surface area (Å²) in [5, 5.41) is 6.65. The van der Waals surface area contributed by atoms with Crippen LogP contribution in [0.25, 0.3) is 0 Å². The van der Waals surface area contributed by atoms with Gasteiger partial charge < -0.3 is 24.8 Å². The number of ether oxygens (including phenoxy) is 3. The van der Waals surface area contributed by atoms with Gasteiger partial charge in [0.25, 0.3) is 0 Å². The number of benzene rings is 1. The van der Waals surface area contributed by atoms with Crippen molar-refractivity contribution in [1.82, 2.24) is 10.6 Å². The molecule has 0 bridgehead atoms. The topological polar surface area (TPSA) is 64.1 Å². The molecule has 0 radical (unpaired) electrons. The summed E-state index contributed by atoms with van der Waals surface area (Å²) in [6.07, 6.45) is 1.23. The van der Waals surface area contributed by atoms with E-state index in [-0.39, 0.29) is 6.10 Å². The third-order valence-corrected chi connectivity index (χ3v) is 3.97. The molecule has 1 aromatic rings. The summed E-state index contributed by atoms with van der Waals surface area (Å²) in [4.78, 5) is 4.26. The number of hydrogen-bond acceptors (Lipinski definition) is 4. The van der Waals surface area contributed by atoms with Gasteiger partial charge in [-0.2, -0.15) is 0 Å². The molecular formula is C18H29N3O3. The van der Waals surface area contributed by atoms with E-state index >= 15 is 0 Å². The molecule has 2 N–H and O–H groups in total. The molecule has 0 aromatic heterocycles. The first-order chi connectivity index (χ1) is 11.6. The van der Waals surface area contributed by atoms with E-state index in [1.807, 2.05) is 25.1 Å². The Morgan fingerprint density at radius 2 is 2.04 bits per heavy atom. The first-order valence-electron chi connectivity index (χ1n) is 8.58. The Bertz CT molecular complexity index is 546. The van der Waals surface area contributed by atoms with E-state index < -0.39 is 0 Å². The minimum absolute atomic E-state index is 0.273. The molecule has 1 atom stereocenters. The van der Waals surface area contributed by atoms with Crippen molar-refractivity contribution in [1.29, 1.82) is 0 Å². The Morgan fingerprint density at radius 1 is 1.25 bits per heavy atom. The summed E-state index contributed by atoms with van der Waals surface area (Å²) in [7, 11) is 1.78. The molecule has 1 heterocycles. The standard InChI is InChI=1S/C18H29N3O3/c1-5-22-15(13(2)3)8-9-20-18(19-4)21-11-14-6-7-16-17(10-14)24-12-23-16/h6-7,10,13,15H,5,8-9,11-12H2,1-4H3,(H2,19,20,21). The van der Waals surface area contributed by atoms with Crippen LogP contribution < -0.4 is 20.1 Å². The van der Waals surface area contributed by atoms with Gasteiger partial charge in [0, 0.05) is 26.7 Å². The molecule has 24 heavy (non-hydrogen) atoms. The summed E-state index contributed by atoms with van der Waals surface area (Å²) in [5.74, 6) is 2.90. The summed E-state index contributed by atoms with van der Waals surface area (Å²) in [5.41, 5.74) is 1.12. The molecule has 6 nitrogen and oxygen atoms in total. The lowest BCUT2D eigenvalue weighted by Gasteiger charge is -2.21. The first kappa shape index (κ1) is 18.4. The second-order valence-electron chi connectivity index (χ2n) is 6.07. The molecule has 0 saturated heterocycles. The highest BCUT2D eigenvalue weighted by Crippen LogP contribution is 2.32. The quantitative estimate of drug-likeness (QED) is 0.565. The van der Waals surface area contributed by atoms with Crippen LogP contribution in [0.1, 0.15) is 32.8 Å². The molecule has 134 valence electrons. The number of guanidine groups is 1. The molecule has 0 amide bonds. The summed E-state index contributed by atoms with van der Waals surface area (Å²) < 4.78 is 16.5. The van der Waals surface area contributed by atoms with Crippen molar-refractivity contribution in [3.05, 3.63) is 23.8 Å². The molecule has 0 fully saturated rings. The fraction of sp³-hybridized carbons (Fsp3) is 0.611. The maximum absolute atomic E-state index is 5.76. The van der Waals surface area contributed by atoms with Crippen molar-refractivity contribution >= 4 is 5.96 Å². The summed E-state index contributed by atoms with van der Waals surface area (Å²) >= 11 is 0. The van der Waals surface area contributed by atoms with Crippen LogP contribution in [0, 0.1) is 5.92 Å². The molecule has 1 unspecified atom stereocenters. The summed E-state index contributed by atoms with van der Waals surface area (Å²) in [6, 6.07) is 5.95. The van der Waals surface area contributed by atoms with E-state index in [2.05, 4.69) is 29.5 Å². The van der Waals surface area contributed by atoms with Gasteiger partial charge in [-0.05, 0) is 37.0 Å². The predicted octanol–water partition coefficient (Wildman–Crippen LogP) is 2.53. The van der Waals surface area contributed by atoms with Gasteiger partial charge in [-0.25, -0.2) is 0 Å². The molecule has 6 heteroatoms.